The highest BCUT2D eigenvalue weighted by molar-refractivity contribution is 7.92. The van der Waals surface area contributed by atoms with Gasteiger partial charge in [0.15, 0.2) is 9.84 Å². The number of rotatable bonds is 5. The van der Waals surface area contributed by atoms with Gasteiger partial charge in [0.25, 0.3) is 5.91 Å². The van der Waals surface area contributed by atoms with Gasteiger partial charge in [-0.25, -0.2) is 13.2 Å². The molecule has 1 unspecified atom stereocenters. The predicted molar refractivity (Wildman–Crippen MR) is 93.5 cm³/mol. The Morgan fingerprint density at radius 2 is 1.77 bits per heavy atom. The number of carbonyl (C=O) groups excluding carboxylic acids is 2. The normalized spacial score (nSPS) is 17.6. The summed E-state index contributed by atoms with van der Waals surface area (Å²) in [5.41, 5.74) is 0.219. The van der Waals surface area contributed by atoms with Gasteiger partial charge in [-0.05, 0) is 43.5 Å². The van der Waals surface area contributed by atoms with Crippen LogP contribution in [0.2, 0.25) is 0 Å². The van der Waals surface area contributed by atoms with E-state index in [0.717, 1.165) is 12.8 Å². The predicted octanol–water partition coefficient (Wildman–Crippen LogP) is 0.628. The Balaban J connectivity index is 2.19. The Bertz CT molecular complexity index is 801. The number of benzene rings is 1. The molecule has 2 amide bonds. The highest BCUT2D eigenvalue weighted by Gasteiger charge is 2.32. The fraction of sp³-hybridized carbons (Fsp3) is 0.471. The summed E-state index contributed by atoms with van der Waals surface area (Å²) in [7, 11) is -0.868. The maximum atomic E-state index is 12.6. The van der Waals surface area contributed by atoms with E-state index in [-0.39, 0.29) is 10.5 Å². The standard InChI is InChI=1S/C17H22N2O6S/c1-18(2)15(20)11-26(24,25)13-8-6-12(7-9-13)16(21)19-10-4-3-5-14(19)17(22)23/h6-9,14H,3-5,10-11H2,1-2H3,(H,22,23). The van der Waals surface area contributed by atoms with Crippen LogP contribution in [0.3, 0.4) is 0 Å². The first-order valence-corrected chi connectivity index (χ1v) is 9.85. The molecule has 1 aromatic carbocycles. The summed E-state index contributed by atoms with van der Waals surface area (Å²) in [6.45, 7) is 0.354. The zero-order valence-corrected chi connectivity index (χ0v) is 15.5. The Morgan fingerprint density at radius 3 is 2.31 bits per heavy atom. The number of aliphatic carboxylic acids is 1. The summed E-state index contributed by atoms with van der Waals surface area (Å²) >= 11 is 0. The second-order valence-electron chi connectivity index (χ2n) is 6.42. The van der Waals surface area contributed by atoms with E-state index in [2.05, 4.69) is 0 Å². The molecule has 0 aliphatic carbocycles. The van der Waals surface area contributed by atoms with Gasteiger partial charge >= 0.3 is 5.97 Å². The molecule has 8 nitrogen and oxygen atoms in total. The van der Waals surface area contributed by atoms with Gasteiger partial charge in [0.05, 0.1) is 4.90 Å². The van der Waals surface area contributed by atoms with Gasteiger partial charge in [-0.3, -0.25) is 9.59 Å². The molecule has 1 heterocycles. The molecule has 1 aliphatic rings. The molecule has 0 bridgehead atoms. The van der Waals surface area contributed by atoms with Gasteiger partial charge in [0.2, 0.25) is 5.91 Å². The monoisotopic (exact) mass is 382 g/mol. The third-order valence-electron chi connectivity index (χ3n) is 4.32. The van der Waals surface area contributed by atoms with Gasteiger partial charge in [-0.2, -0.15) is 0 Å². The van der Waals surface area contributed by atoms with Crippen LogP contribution >= 0.6 is 0 Å². The number of carbonyl (C=O) groups is 3. The maximum absolute atomic E-state index is 12.6. The van der Waals surface area contributed by atoms with Crippen LogP contribution in [0.5, 0.6) is 0 Å². The number of likely N-dealkylation sites (tertiary alicyclic amines) is 1. The van der Waals surface area contributed by atoms with E-state index in [1.54, 1.807) is 0 Å². The molecule has 1 fully saturated rings. The van der Waals surface area contributed by atoms with Crippen LogP contribution in [-0.4, -0.2) is 73.5 Å². The Labute approximate surface area is 152 Å². The second-order valence-corrected chi connectivity index (χ2v) is 8.41. The van der Waals surface area contributed by atoms with Crippen molar-refractivity contribution in [2.24, 2.45) is 0 Å². The SMILES string of the molecule is CN(C)C(=O)CS(=O)(=O)c1ccc(C(=O)N2CCCCC2C(=O)O)cc1. The van der Waals surface area contributed by atoms with Crippen LogP contribution in [0.25, 0.3) is 0 Å². The number of nitrogens with zero attached hydrogens (tertiary/aromatic N) is 2. The van der Waals surface area contributed by atoms with Crippen molar-refractivity contribution in [3.05, 3.63) is 29.8 Å². The van der Waals surface area contributed by atoms with E-state index in [0.29, 0.717) is 13.0 Å². The molecule has 0 radical (unpaired) electrons. The molecule has 0 saturated carbocycles. The fourth-order valence-corrected chi connectivity index (χ4v) is 4.08. The molecule has 0 aromatic heterocycles. The largest absolute Gasteiger partial charge is 0.480 e. The summed E-state index contributed by atoms with van der Waals surface area (Å²) in [6.07, 6.45) is 1.88. The van der Waals surface area contributed by atoms with E-state index in [4.69, 9.17) is 0 Å². The summed E-state index contributed by atoms with van der Waals surface area (Å²) in [6, 6.07) is 4.37. The lowest BCUT2D eigenvalue weighted by atomic mass is 10.0. The number of sulfone groups is 1. The Kier molecular flexibility index (Phi) is 6.01. The first-order chi connectivity index (χ1) is 12.1. The van der Waals surface area contributed by atoms with Crippen molar-refractivity contribution in [1.82, 2.24) is 9.80 Å². The minimum absolute atomic E-state index is 0.0577. The van der Waals surface area contributed by atoms with Crippen molar-refractivity contribution in [2.75, 3.05) is 26.4 Å². The van der Waals surface area contributed by atoms with Gasteiger partial charge in [0, 0.05) is 26.2 Å². The molecule has 26 heavy (non-hydrogen) atoms. The quantitative estimate of drug-likeness (QED) is 0.799. The van der Waals surface area contributed by atoms with Crippen LogP contribution in [0.1, 0.15) is 29.6 Å². The number of piperidine rings is 1. The second kappa shape index (κ2) is 7.86. The minimum atomic E-state index is -3.81. The molecule has 142 valence electrons. The van der Waals surface area contributed by atoms with Crippen molar-refractivity contribution in [2.45, 2.75) is 30.2 Å². The summed E-state index contributed by atoms with van der Waals surface area (Å²) in [4.78, 5) is 38.0. The highest BCUT2D eigenvalue weighted by atomic mass is 32.2. The number of hydrogen-bond acceptors (Lipinski definition) is 5. The third kappa shape index (κ3) is 4.40. The number of amides is 2. The van der Waals surface area contributed by atoms with Crippen molar-refractivity contribution in [1.29, 1.82) is 0 Å². The Morgan fingerprint density at radius 1 is 1.15 bits per heavy atom. The molecular formula is C17H22N2O6S. The van der Waals surface area contributed by atoms with E-state index in [9.17, 15) is 27.9 Å². The zero-order valence-electron chi connectivity index (χ0n) is 14.7. The summed E-state index contributed by atoms with van der Waals surface area (Å²) in [5, 5.41) is 9.27. The lowest BCUT2D eigenvalue weighted by Gasteiger charge is -2.33. The smallest absolute Gasteiger partial charge is 0.326 e. The van der Waals surface area contributed by atoms with Gasteiger partial charge < -0.3 is 14.9 Å². The molecule has 2 rings (SSSR count). The van der Waals surface area contributed by atoms with Crippen LogP contribution in [-0.2, 0) is 19.4 Å². The Hall–Kier alpha value is -2.42. The average molecular weight is 382 g/mol. The van der Waals surface area contributed by atoms with E-state index in [1.165, 1.54) is 48.2 Å². The topological polar surface area (TPSA) is 112 Å². The van der Waals surface area contributed by atoms with Gasteiger partial charge in [0.1, 0.15) is 11.8 Å². The average Bonchev–Trinajstić information content (AvgIpc) is 2.60. The summed E-state index contributed by atoms with van der Waals surface area (Å²) < 4.78 is 24.5. The lowest BCUT2D eigenvalue weighted by molar-refractivity contribution is -0.143. The zero-order chi connectivity index (χ0) is 19.5. The molecule has 1 aliphatic heterocycles. The fourth-order valence-electron chi connectivity index (χ4n) is 2.78. The first-order valence-electron chi connectivity index (χ1n) is 8.20. The van der Waals surface area contributed by atoms with E-state index < -0.39 is 39.4 Å². The molecular weight excluding hydrogens is 360 g/mol. The van der Waals surface area contributed by atoms with Gasteiger partial charge in [-0.15, -0.1) is 0 Å². The van der Waals surface area contributed by atoms with Crippen molar-refractivity contribution in [3.8, 4) is 0 Å². The first kappa shape index (κ1) is 19.9. The van der Waals surface area contributed by atoms with Crippen LogP contribution in [0, 0.1) is 0 Å². The molecule has 1 saturated heterocycles. The third-order valence-corrected chi connectivity index (χ3v) is 5.94. The number of carboxylic acid groups (broad SMARTS) is 1. The highest BCUT2D eigenvalue weighted by Crippen LogP contribution is 2.21. The van der Waals surface area contributed by atoms with Gasteiger partial charge in [-0.1, -0.05) is 0 Å². The lowest BCUT2D eigenvalue weighted by Crippen LogP contribution is -2.47. The molecule has 0 spiro atoms. The molecule has 1 atom stereocenters. The van der Waals surface area contributed by atoms with Crippen LogP contribution in [0.4, 0.5) is 0 Å². The van der Waals surface area contributed by atoms with E-state index >= 15 is 0 Å². The van der Waals surface area contributed by atoms with Crippen molar-refractivity contribution < 1.29 is 27.9 Å². The minimum Gasteiger partial charge on any atom is -0.480 e. The van der Waals surface area contributed by atoms with Crippen LogP contribution in [0.15, 0.2) is 29.2 Å². The van der Waals surface area contributed by atoms with Crippen molar-refractivity contribution in [3.63, 3.8) is 0 Å². The van der Waals surface area contributed by atoms with Crippen LogP contribution < -0.4 is 0 Å². The van der Waals surface area contributed by atoms with Crippen molar-refractivity contribution >= 4 is 27.6 Å². The maximum Gasteiger partial charge on any atom is 0.326 e. The summed E-state index contributed by atoms with van der Waals surface area (Å²) in [5.74, 6) is -2.67. The number of carboxylic acids is 1. The molecule has 1 aromatic rings. The molecule has 9 heteroatoms. The number of hydrogen-bond donors (Lipinski definition) is 1. The van der Waals surface area contributed by atoms with E-state index in [1.807, 2.05) is 0 Å². The molecule has 1 N–H and O–H groups in total.